The fraction of sp³-hybridized carbons (Fsp3) is 0.120. The minimum absolute atomic E-state index is 0.186. The van der Waals surface area contributed by atoms with Gasteiger partial charge in [-0.1, -0.05) is 30.3 Å². The van der Waals surface area contributed by atoms with Gasteiger partial charge in [-0.2, -0.15) is 13.2 Å². The number of nitrogens with one attached hydrogen (secondary N) is 3. The van der Waals surface area contributed by atoms with Crippen LogP contribution in [0.4, 0.5) is 17.6 Å². The third-order valence-corrected chi connectivity index (χ3v) is 5.37. The molecule has 0 atom stereocenters. The second-order valence-electron chi connectivity index (χ2n) is 7.60. The van der Waals surface area contributed by atoms with E-state index >= 15 is 0 Å². The number of benzene rings is 3. The SMILES string of the molecule is CNC(=O)c1cc2c(-c3ccc(C(=O)NCc4cccc(C(F)(F)F)c4)c(F)c3)cccc2[nH]1. The largest absolute Gasteiger partial charge is 0.416 e. The smallest absolute Gasteiger partial charge is 0.354 e. The average molecular weight is 469 g/mol. The summed E-state index contributed by atoms with van der Waals surface area (Å²) in [5, 5.41) is 5.69. The molecule has 4 rings (SSSR count). The van der Waals surface area contributed by atoms with E-state index < -0.39 is 23.5 Å². The molecule has 3 aromatic carbocycles. The molecule has 1 heterocycles. The zero-order valence-electron chi connectivity index (χ0n) is 17.9. The van der Waals surface area contributed by atoms with E-state index in [0.717, 1.165) is 12.1 Å². The first kappa shape index (κ1) is 23.0. The van der Waals surface area contributed by atoms with Crippen LogP contribution in [0.2, 0.25) is 0 Å². The number of carbonyl (C=O) groups excluding carboxylic acids is 2. The second-order valence-corrected chi connectivity index (χ2v) is 7.60. The summed E-state index contributed by atoms with van der Waals surface area (Å²) in [5.41, 5.74) is 1.40. The number of fused-ring (bicyclic) bond motifs is 1. The van der Waals surface area contributed by atoms with Crippen molar-refractivity contribution in [3.63, 3.8) is 0 Å². The zero-order chi connectivity index (χ0) is 24.5. The van der Waals surface area contributed by atoms with Gasteiger partial charge in [-0.3, -0.25) is 9.59 Å². The Morgan fingerprint density at radius 3 is 2.41 bits per heavy atom. The summed E-state index contributed by atoms with van der Waals surface area (Å²) in [6.45, 7) is -0.186. The van der Waals surface area contributed by atoms with Crippen molar-refractivity contribution < 1.29 is 27.2 Å². The Labute approximate surface area is 191 Å². The number of rotatable bonds is 5. The number of halogens is 4. The van der Waals surface area contributed by atoms with Crippen molar-refractivity contribution in [2.24, 2.45) is 0 Å². The highest BCUT2D eigenvalue weighted by Crippen LogP contribution is 2.31. The number of hydrogen-bond donors (Lipinski definition) is 3. The molecular weight excluding hydrogens is 450 g/mol. The summed E-state index contributed by atoms with van der Waals surface area (Å²) in [4.78, 5) is 27.4. The standard InChI is InChI=1S/C25H19F4N3O2/c1-30-24(34)22-12-19-17(6-3-7-21(19)32-22)15-8-9-18(20(26)11-15)23(33)31-13-14-4-2-5-16(10-14)25(27,28)29/h2-12,32H,13H2,1H3,(H,30,34)(H,31,33). The Bertz CT molecular complexity index is 1390. The lowest BCUT2D eigenvalue weighted by Gasteiger charge is -2.11. The van der Waals surface area contributed by atoms with Crippen molar-refractivity contribution in [1.82, 2.24) is 15.6 Å². The van der Waals surface area contributed by atoms with E-state index in [4.69, 9.17) is 0 Å². The Balaban J connectivity index is 1.55. The van der Waals surface area contributed by atoms with Crippen LogP contribution in [0.1, 0.15) is 32.0 Å². The summed E-state index contributed by atoms with van der Waals surface area (Å²) in [6.07, 6.45) is -4.49. The molecule has 9 heteroatoms. The van der Waals surface area contributed by atoms with E-state index in [0.29, 0.717) is 27.7 Å². The molecule has 0 aliphatic rings. The van der Waals surface area contributed by atoms with Gasteiger partial charge in [-0.25, -0.2) is 4.39 Å². The summed E-state index contributed by atoms with van der Waals surface area (Å²) < 4.78 is 53.4. The molecule has 174 valence electrons. The van der Waals surface area contributed by atoms with Gasteiger partial charge >= 0.3 is 6.18 Å². The molecular formula is C25H19F4N3O2. The molecule has 5 nitrogen and oxygen atoms in total. The highest BCUT2D eigenvalue weighted by atomic mass is 19.4. The van der Waals surface area contributed by atoms with E-state index in [1.54, 1.807) is 30.3 Å². The van der Waals surface area contributed by atoms with Crippen LogP contribution >= 0.6 is 0 Å². The van der Waals surface area contributed by atoms with Gasteiger partial charge in [0.05, 0.1) is 11.1 Å². The predicted molar refractivity (Wildman–Crippen MR) is 120 cm³/mol. The first-order valence-corrected chi connectivity index (χ1v) is 10.3. The highest BCUT2D eigenvalue weighted by Gasteiger charge is 2.30. The minimum atomic E-state index is -4.49. The zero-order valence-corrected chi connectivity index (χ0v) is 17.9. The first-order valence-electron chi connectivity index (χ1n) is 10.3. The third kappa shape index (κ3) is 4.63. The fourth-order valence-electron chi connectivity index (χ4n) is 3.67. The Kier molecular flexibility index (Phi) is 6.10. The van der Waals surface area contributed by atoms with E-state index in [2.05, 4.69) is 15.6 Å². The normalized spacial score (nSPS) is 11.4. The average Bonchev–Trinajstić information content (AvgIpc) is 3.26. The van der Waals surface area contributed by atoms with Crippen molar-refractivity contribution in [3.05, 3.63) is 94.9 Å². The van der Waals surface area contributed by atoms with Gasteiger partial charge in [0.1, 0.15) is 11.5 Å². The molecule has 0 bridgehead atoms. The third-order valence-electron chi connectivity index (χ3n) is 5.37. The molecule has 0 saturated carbocycles. The minimum Gasteiger partial charge on any atom is -0.354 e. The van der Waals surface area contributed by atoms with Crippen molar-refractivity contribution in [1.29, 1.82) is 0 Å². The molecule has 3 N–H and O–H groups in total. The lowest BCUT2D eigenvalue weighted by molar-refractivity contribution is -0.137. The quantitative estimate of drug-likeness (QED) is 0.348. The Morgan fingerprint density at radius 1 is 0.941 bits per heavy atom. The van der Waals surface area contributed by atoms with Crippen LogP contribution in [0.25, 0.3) is 22.0 Å². The maximum absolute atomic E-state index is 14.8. The van der Waals surface area contributed by atoms with Crippen LogP contribution in [0.5, 0.6) is 0 Å². The molecule has 0 unspecified atom stereocenters. The molecule has 4 aromatic rings. The van der Waals surface area contributed by atoms with Crippen molar-refractivity contribution >= 4 is 22.7 Å². The van der Waals surface area contributed by atoms with Gasteiger partial charge in [-0.05, 0) is 53.1 Å². The summed E-state index contributed by atoms with van der Waals surface area (Å²) in [7, 11) is 1.51. The number of hydrogen-bond acceptors (Lipinski definition) is 2. The molecule has 0 fully saturated rings. The highest BCUT2D eigenvalue weighted by molar-refractivity contribution is 6.03. The van der Waals surface area contributed by atoms with Crippen LogP contribution in [0.3, 0.4) is 0 Å². The van der Waals surface area contributed by atoms with E-state index in [-0.39, 0.29) is 23.6 Å². The van der Waals surface area contributed by atoms with E-state index in [1.807, 2.05) is 0 Å². The summed E-state index contributed by atoms with van der Waals surface area (Å²) in [6, 6.07) is 15.6. The predicted octanol–water partition coefficient (Wildman–Crippen LogP) is 5.28. The van der Waals surface area contributed by atoms with Crippen molar-refractivity contribution in [2.45, 2.75) is 12.7 Å². The maximum atomic E-state index is 14.8. The van der Waals surface area contributed by atoms with Gasteiger partial charge in [0, 0.05) is 24.5 Å². The number of H-pyrrole nitrogens is 1. The number of alkyl halides is 3. The number of aromatic nitrogens is 1. The molecule has 2 amide bonds. The lowest BCUT2D eigenvalue weighted by atomic mass is 9.99. The molecule has 0 aliphatic carbocycles. The molecule has 0 saturated heterocycles. The number of amides is 2. The molecule has 0 radical (unpaired) electrons. The van der Waals surface area contributed by atoms with Crippen LogP contribution in [0, 0.1) is 5.82 Å². The van der Waals surface area contributed by atoms with E-state index in [9.17, 15) is 27.2 Å². The maximum Gasteiger partial charge on any atom is 0.416 e. The molecule has 34 heavy (non-hydrogen) atoms. The van der Waals surface area contributed by atoms with Crippen LogP contribution in [-0.4, -0.2) is 23.8 Å². The number of aromatic amines is 1. The van der Waals surface area contributed by atoms with Crippen LogP contribution in [-0.2, 0) is 12.7 Å². The van der Waals surface area contributed by atoms with Crippen LogP contribution in [0.15, 0.2) is 66.7 Å². The topological polar surface area (TPSA) is 74.0 Å². The van der Waals surface area contributed by atoms with Gasteiger partial charge < -0.3 is 15.6 Å². The van der Waals surface area contributed by atoms with Crippen molar-refractivity contribution in [2.75, 3.05) is 7.05 Å². The molecule has 0 aliphatic heterocycles. The molecule has 0 spiro atoms. The first-order chi connectivity index (χ1) is 16.2. The van der Waals surface area contributed by atoms with Gasteiger partial charge in [0.15, 0.2) is 0 Å². The Morgan fingerprint density at radius 2 is 1.71 bits per heavy atom. The fourth-order valence-corrected chi connectivity index (χ4v) is 3.67. The molecule has 1 aromatic heterocycles. The summed E-state index contributed by atoms with van der Waals surface area (Å²) in [5.74, 6) is -1.82. The number of carbonyl (C=O) groups is 2. The van der Waals surface area contributed by atoms with Gasteiger partial charge in [0.2, 0.25) is 0 Å². The van der Waals surface area contributed by atoms with Gasteiger partial charge in [-0.15, -0.1) is 0 Å². The van der Waals surface area contributed by atoms with Gasteiger partial charge in [0.25, 0.3) is 11.8 Å². The lowest BCUT2D eigenvalue weighted by Crippen LogP contribution is -2.24. The van der Waals surface area contributed by atoms with E-state index in [1.165, 1.54) is 31.3 Å². The summed E-state index contributed by atoms with van der Waals surface area (Å²) >= 11 is 0. The Hall–Kier alpha value is -4.14. The monoisotopic (exact) mass is 469 g/mol. The van der Waals surface area contributed by atoms with Crippen molar-refractivity contribution in [3.8, 4) is 11.1 Å². The van der Waals surface area contributed by atoms with Crippen LogP contribution < -0.4 is 10.6 Å². The second kappa shape index (κ2) is 9.01.